The fraction of sp³-hybridized carbons (Fsp3) is 0.118. The zero-order valence-electron chi connectivity index (χ0n) is 14.1. The van der Waals surface area contributed by atoms with Crippen molar-refractivity contribution in [1.29, 1.82) is 0 Å². The molecule has 138 valence electrons. The third-order valence-electron chi connectivity index (χ3n) is 3.47. The molecule has 0 aliphatic rings. The lowest BCUT2D eigenvalue weighted by molar-refractivity contribution is 0.102. The smallest absolute Gasteiger partial charge is 0.333 e. The van der Waals surface area contributed by atoms with E-state index in [2.05, 4.69) is 33.4 Å². The van der Waals surface area contributed by atoms with Gasteiger partial charge in [-0.15, -0.1) is 18.1 Å². The van der Waals surface area contributed by atoms with Crippen molar-refractivity contribution < 1.29 is 9.32 Å². The lowest BCUT2D eigenvalue weighted by Crippen LogP contribution is -2.27. The van der Waals surface area contributed by atoms with E-state index < -0.39 is 11.7 Å². The molecule has 0 bridgehead atoms. The molecule has 0 spiro atoms. The monoisotopic (exact) mass is 386 g/mol. The molecule has 0 atom stereocenters. The highest BCUT2D eigenvalue weighted by atomic mass is 35.5. The fourth-order valence-corrected chi connectivity index (χ4v) is 2.53. The van der Waals surface area contributed by atoms with Crippen molar-refractivity contribution in [3.63, 3.8) is 0 Å². The number of aromatic nitrogens is 4. The maximum absolute atomic E-state index is 12.6. The van der Waals surface area contributed by atoms with E-state index in [1.165, 1.54) is 0 Å². The van der Waals surface area contributed by atoms with Gasteiger partial charge in [-0.25, -0.2) is 4.79 Å². The molecule has 2 aromatic heterocycles. The summed E-state index contributed by atoms with van der Waals surface area (Å²) in [6, 6.07) is 6.53. The summed E-state index contributed by atoms with van der Waals surface area (Å²) in [6.45, 7) is 8.22. The van der Waals surface area contributed by atoms with Crippen LogP contribution in [0.25, 0.3) is 5.78 Å². The van der Waals surface area contributed by atoms with Crippen molar-refractivity contribution in [1.82, 2.24) is 19.5 Å². The van der Waals surface area contributed by atoms with E-state index in [0.29, 0.717) is 13.1 Å². The first-order valence-corrected chi connectivity index (χ1v) is 8.22. The Balaban J connectivity index is 2.06. The Kier molecular flexibility index (Phi) is 5.32. The zero-order chi connectivity index (χ0) is 19.4. The van der Waals surface area contributed by atoms with Crippen molar-refractivity contribution in [3.05, 3.63) is 70.7 Å². The number of amides is 1. The van der Waals surface area contributed by atoms with Crippen LogP contribution in [0.1, 0.15) is 10.4 Å². The van der Waals surface area contributed by atoms with Crippen molar-refractivity contribution in [2.45, 2.75) is 0 Å². The number of rotatable bonds is 7. The first kappa shape index (κ1) is 18.3. The van der Waals surface area contributed by atoms with Gasteiger partial charge in [-0.05, 0) is 12.1 Å². The predicted octanol–water partition coefficient (Wildman–Crippen LogP) is 2.16. The minimum absolute atomic E-state index is 0.0439. The van der Waals surface area contributed by atoms with Crippen molar-refractivity contribution in [2.24, 2.45) is 0 Å². The Morgan fingerprint density at radius 3 is 2.59 bits per heavy atom. The largest absolute Gasteiger partial charge is 0.462 e. The number of carbonyl (C=O) groups excluding carboxylic acids is 1. The zero-order valence-corrected chi connectivity index (χ0v) is 14.9. The summed E-state index contributed by atoms with van der Waals surface area (Å²) < 4.78 is 5.88. The molecule has 1 N–H and O–H groups in total. The summed E-state index contributed by atoms with van der Waals surface area (Å²) >= 11 is 6.06. The molecule has 1 aromatic carbocycles. The topological polar surface area (TPSA) is 106 Å². The molecule has 0 radical (unpaired) electrons. The van der Waals surface area contributed by atoms with Crippen molar-refractivity contribution >= 4 is 35.2 Å². The van der Waals surface area contributed by atoms with Gasteiger partial charge in [0, 0.05) is 13.1 Å². The fourth-order valence-electron chi connectivity index (χ4n) is 2.31. The number of nitrogens with one attached hydrogen (secondary N) is 1. The molecule has 0 aliphatic heterocycles. The Morgan fingerprint density at radius 1 is 1.22 bits per heavy atom. The first-order chi connectivity index (χ1) is 13.0. The molecule has 3 aromatic rings. The van der Waals surface area contributed by atoms with Crippen molar-refractivity contribution in [2.75, 3.05) is 23.3 Å². The predicted molar refractivity (Wildman–Crippen MR) is 101 cm³/mol. The molecule has 1 amide bonds. The first-order valence-electron chi connectivity index (χ1n) is 7.84. The lowest BCUT2D eigenvalue weighted by atomic mass is 10.2. The van der Waals surface area contributed by atoms with Gasteiger partial charge >= 0.3 is 5.76 Å². The summed E-state index contributed by atoms with van der Waals surface area (Å²) in [5.74, 6) is -1.28. The highest BCUT2D eigenvalue weighted by Gasteiger charge is 2.19. The number of halogens is 1. The Hall–Kier alpha value is -3.46. The van der Waals surface area contributed by atoms with Crippen molar-refractivity contribution in [3.8, 4) is 0 Å². The standard InChI is InChI=1S/C17H15ClN6O3/c1-3-9-23(10-4-2)14-20-15(24-16(21-14)22-17(26)27-24)19-13(25)11-7-5-6-8-12(11)18/h3-8H,1-2,9-10H2,(H,19,20,21,22,25,26). The molecular weight excluding hydrogens is 372 g/mol. The van der Waals surface area contributed by atoms with Gasteiger partial charge in [0.15, 0.2) is 0 Å². The highest BCUT2D eigenvalue weighted by Crippen LogP contribution is 2.18. The van der Waals surface area contributed by atoms with E-state index in [1.807, 2.05) is 0 Å². The lowest BCUT2D eigenvalue weighted by Gasteiger charge is -2.19. The van der Waals surface area contributed by atoms with E-state index in [4.69, 9.17) is 16.1 Å². The van der Waals surface area contributed by atoms with E-state index in [-0.39, 0.29) is 28.3 Å². The number of benzene rings is 1. The van der Waals surface area contributed by atoms with Crippen LogP contribution in [0.15, 0.2) is 58.9 Å². The minimum atomic E-state index is -0.867. The molecule has 0 unspecified atom stereocenters. The van der Waals surface area contributed by atoms with Gasteiger partial charge in [0.1, 0.15) is 0 Å². The SMILES string of the molecule is C=CCN(CC=C)c1nc(NC(=O)c2ccccc2Cl)n2oc(=O)nc2n1. The van der Waals surface area contributed by atoms with E-state index in [0.717, 1.165) is 4.57 Å². The van der Waals surface area contributed by atoms with Crippen LogP contribution in [0.5, 0.6) is 0 Å². The average Bonchev–Trinajstić information content (AvgIpc) is 3.02. The number of fused-ring (bicyclic) bond motifs is 1. The maximum Gasteiger partial charge on any atom is 0.462 e. The quantitative estimate of drug-likeness (QED) is 0.620. The van der Waals surface area contributed by atoms with Crippen LogP contribution in [0, 0.1) is 0 Å². The molecule has 3 rings (SSSR count). The van der Waals surface area contributed by atoms with Crippen LogP contribution >= 0.6 is 11.6 Å². The number of anilines is 2. The second kappa shape index (κ2) is 7.83. The molecular formula is C17H15ClN6O3. The molecule has 0 fully saturated rings. The Bertz CT molecular complexity index is 1060. The summed E-state index contributed by atoms with van der Waals surface area (Å²) in [5, 5.41) is 2.84. The van der Waals surface area contributed by atoms with Crippen LogP contribution in [0.3, 0.4) is 0 Å². The number of hydrogen-bond acceptors (Lipinski definition) is 7. The third kappa shape index (κ3) is 3.87. The molecule has 0 saturated heterocycles. The van der Waals surface area contributed by atoms with Gasteiger partial charge in [-0.3, -0.25) is 10.1 Å². The number of carbonyl (C=O) groups is 1. The van der Waals surface area contributed by atoms with E-state index in [1.54, 1.807) is 41.3 Å². The van der Waals surface area contributed by atoms with Gasteiger partial charge in [-0.2, -0.15) is 9.97 Å². The average molecular weight is 387 g/mol. The number of hydrogen-bond donors (Lipinski definition) is 1. The highest BCUT2D eigenvalue weighted by molar-refractivity contribution is 6.34. The normalized spacial score (nSPS) is 10.6. The Morgan fingerprint density at radius 2 is 1.93 bits per heavy atom. The third-order valence-corrected chi connectivity index (χ3v) is 3.80. The Labute approximate surface area is 158 Å². The van der Waals surface area contributed by atoms with Gasteiger partial charge in [0.05, 0.1) is 10.6 Å². The second-order valence-electron chi connectivity index (χ2n) is 5.33. The summed E-state index contributed by atoms with van der Waals surface area (Å²) in [7, 11) is 0. The molecule has 2 heterocycles. The summed E-state index contributed by atoms with van der Waals surface area (Å²) in [4.78, 5) is 38.0. The number of nitrogens with zero attached hydrogens (tertiary/aromatic N) is 5. The van der Waals surface area contributed by atoms with Gasteiger partial charge in [-0.1, -0.05) is 40.5 Å². The minimum Gasteiger partial charge on any atom is -0.333 e. The second-order valence-corrected chi connectivity index (χ2v) is 5.73. The van der Waals surface area contributed by atoms with Crippen LogP contribution in [0.4, 0.5) is 11.9 Å². The molecule has 10 heteroatoms. The maximum atomic E-state index is 12.6. The van der Waals surface area contributed by atoms with Gasteiger partial charge in [0.2, 0.25) is 5.95 Å². The van der Waals surface area contributed by atoms with Crippen LogP contribution in [0.2, 0.25) is 5.02 Å². The molecule has 0 saturated carbocycles. The van der Waals surface area contributed by atoms with E-state index >= 15 is 0 Å². The van der Waals surface area contributed by atoms with Gasteiger partial charge < -0.3 is 9.42 Å². The van der Waals surface area contributed by atoms with E-state index in [9.17, 15) is 9.59 Å². The van der Waals surface area contributed by atoms with Crippen LogP contribution in [-0.2, 0) is 0 Å². The molecule has 9 nitrogen and oxygen atoms in total. The summed E-state index contributed by atoms with van der Waals surface area (Å²) in [6.07, 6.45) is 3.32. The molecule has 0 aliphatic carbocycles. The van der Waals surface area contributed by atoms with Crippen LogP contribution in [-0.4, -0.2) is 38.5 Å². The van der Waals surface area contributed by atoms with Crippen LogP contribution < -0.4 is 16.0 Å². The molecule has 27 heavy (non-hydrogen) atoms. The summed E-state index contributed by atoms with van der Waals surface area (Å²) in [5.41, 5.74) is 0.240. The van der Waals surface area contributed by atoms with Gasteiger partial charge in [0.25, 0.3) is 17.6 Å².